The molecule has 0 saturated carbocycles. The van der Waals surface area contributed by atoms with Crippen molar-refractivity contribution in [1.82, 2.24) is 4.98 Å². The Balaban J connectivity index is 2.23. The number of anilines is 2. The van der Waals surface area contributed by atoms with Gasteiger partial charge in [0, 0.05) is 21.9 Å². The van der Waals surface area contributed by atoms with E-state index in [0.29, 0.717) is 22.8 Å². The standard InChI is InChI=1S/C15H16BrN3O2/c1-9(2)21-15-13(4-3-5-18-15)19-14(20)10-6-11(16)8-12(17)7-10/h3-9H,17H2,1-2H3,(H,19,20). The van der Waals surface area contributed by atoms with Crippen LogP contribution >= 0.6 is 15.9 Å². The summed E-state index contributed by atoms with van der Waals surface area (Å²) in [5, 5.41) is 2.78. The first-order valence-electron chi connectivity index (χ1n) is 6.45. The molecule has 0 radical (unpaired) electrons. The number of rotatable bonds is 4. The SMILES string of the molecule is CC(C)Oc1ncccc1NC(=O)c1cc(N)cc(Br)c1. The highest BCUT2D eigenvalue weighted by atomic mass is 79.9. The van der Waals surface area contributed by atoms with Gasteiger partial charge in [-0.05, 0) is 44.2 Å². The van der Waals surface area contributed by atoms with Crippen molar-refractivity contribution in [1.29, 1.82) is 0 Å². The Bertz CT molecular complexity index is 639. The van der Waals surface area contributed by atoms with Crippen molar-refractivity contribution in [3.8, 4) is 5.88 Å². The highest BCUT2D eigenvalue weighted by molar-refractivity contribution is 9.10. The minimum absolute atomic E-state index is 0.0305. The minimum Gasteiger partial charge on any atom is -0.473 e. The summed E-state index contributed by atoms with van der Waals surface area (Å²) in [5.74, 6) is 0.119. The third-order valence-electron chi connectivity index (χ3n) is 2.55. The molecule has 0 bridgehead atoms. The first kappa shape index (κ1) is 15.3. The predicted octanol–water partition coefficient (Wildman–Crippen LogP) is 3.47. The lowest BCUT2D eigenvalue weighted by Crippen LogP contribution is -2.15. The fourth-order valence-electron chi connectivity index (χ4n) is 1.74. The van der Waals surface area contributed by atoms with Crippen molar-refractivity contribution in [2.75, 3.05) is 11.1 Å². The molecule has 1 aromatic carbocycles. The van der Waals surface area contributed by atoms with Crippen LogP contribution in [0.2, 0.25) is 0 Å². The maximum absolute atomic E-state index is 12.3. The Morgan fingerprint density at radius 1 is 1.38 bits per heavy atom. The summed E-state index contributed by atoms with van der Waals surface area (Å²) in [6, 6.07) is 8.51. The smallest absolute Gasteiger partial charge is 0.255 e. The van der Waals surface area contributed by atoms with Gasteiger partial charge in [-0.2, -0.15) is 0 Å². The molecular formula is C15H16BrN3O2. The molecule has 0 fully saturated rings. The van der Waals surface area contributed by atoms with Crippen LogP contribution in [-0.4, -0.2) is 17.0 Å². The normalized spacial score (nSPS) is 10.5. The van der Waals surface area contributed by atoms with Crippen molar-refractivity contribution in [2.45, 2.75) is 20.0 Å². The van der Waals surface area contributed by atoms with Crippen molar-refractivity contribution in [3.63, 3.8) is 0 Å². The number of carbonyl (C=O) groups is 1. The van der Waals surface area contributed by atoms with Crippen LogP contribution in [0.4, 0.5) is 11.4 Å². The van der Waals surface area contributed by atoms with Crippen LogP contribution in [0.25, 0.3) is 0 Å². The summed E-state index contributed by atoms with van der Waals surface area (Å²) in [7, 11) is 0. The summed E-state index contributed by atoms with van der Waals surface area (Å²) in [6.07, 6.45) is 1.59. The lowest BCUT2D eigenvalue weighted by molar-refractivity contribution is 0.102. The van der Waals surface area contributed by atoms with Crippen LogP contribution in [0.15, 0.2) is 41.0 Å². The quantitative estimate of drug-likeness (QED) is 0.828. The summed E-state index contributed by atoms with van der Waals surface area (Å²) >= 11 is 3.32. The molecule has 6 heteroatoms. The maximum Gasteiger partial charge on any atom is 0.255 e. The Morgan fingerprint density at radius 2 is 2.14 bits per heavy atom. The highest BCUT2D eigenvalue weighted by Gasteiger charge is 2.12. The number of pyridine rings is 1. The number of nitrogens with one attached hydrogen (secondary N) is 1. The molecular weight excluding hydrogens is 334 g/mol. The van der Waals surface area contributed by atoms with E-state index in [9.17, 15) is 4.79 Å². The van der Waals surface area contributed by atoms with E-state index in [1.54, 1.807) is 36.5 Å². The van der Waals surface area contributed by atoms with E-state index in [-0.39, 0.29) is 12.0 Å². The molecule has 0 aliphatic carbocycles. The zero-order valence-corrected chi connectivity index (χ0v) is 13.3. The van der Waals surface area contributed by atoms with Gasteiger partial charge in [-0.3, -0.25) is 4.79 Å². The van der Waals surface area contributed by atoms with Gasteiger partial charge in [0.1, 0.15) is 5.69 Å². The van der Waals surface area contributed by atoms with E-state index >= 15 is 0 Å². The van der Waals surface area contributed by atoms with Gasteiger partial charge in [0.2, 0.25) is 5.88 Å². The van der Waals surface area contributed by atoms with E-state index < -0.39 is 0 Å². The molecule has 2 aromatic rings. The fourth-order valence-corrected chi connectivity index (χ4v) is 2.25. The number of ether oxygens (including phenoxy) is 1. The molecule has 5 nitrogen and oxygen atoms in total. The molecule has 2 rings (SSSR count). The molecule has 0 unspecified atom stereocenters. The summed E-state index contributed by atoms with van der Waals surface area (Å²) in [4.78, 5) is 16.4. The number of nitrogen functional groups attached to an aromatic ring is 1. The van der Waals surface area contributed by atoms with Crippen LogP contribution < -0.4 is 15.8 Å². The number of hydrogen-bond donors (Lipinski definition) is 2. The van der Waals surface area contributed by atoms with Crippen LogP contribution in [-0.2, 0) is 0 Å². The topological polar surface area (TPSA) is 77.2 Å². The van der Waals surface area contributed by atoms with Crippen LogP contribution in [0.1, 0.15) is 24.2 Å². The van der Waals surface area contributed by atoms with Crippen LogP contribution in [0.3, 0.4) is 0 Å². The van der Waals surface area contributed by atoms with Gasteiger partial charge < -0.3 is 15.8 Å². The number of hydrogen-bond acceptors (Lipinski definition) is 4. The Kier molecular flexibility index (Phi) is 4.80. The minimum atomic E-state index is -0.274. The largest absolute Gasteiger partial charge is 0.473 e. The predicted molar refractivity (Wildman–Crippen MR) is 86.5 cm³/mol. The third-order valence-corrected chi connectivity index (χ3v) is 3.01. The zero-order chi connectivity index (χ0) is 15.4. The average molecular weight is 350 g/mol. The van der Waals surface area contributed by atoms with Crippen molar-refractivity contribution < 1.29 is 9.53 Å². The molecule has 1 aromatic heterocycles. The number of carbonyl (C=O) groups excluding carboxylic acids is 1. The molecule has 1 amide bonds. The van der Waals surface area contributed by atoms with Gasteiger partial charge >= 0.3 is 0 Å². The average Bonchev–Trinajstić information content (AvgIpc) is 2.39. The monoisotopic (exact) mass is 349 g/mol. The molecule has 110 valence electrons. The molecule has 0 aliphatic rings. The summed E-state index contributed by atoms with van der Waals surface area (Å²) in [5.41, 5.74) is 7.24. The number of halogens is 1. The summed E-state index contributed by atoms with van der Waals surface area (Å²) in [6.45, 7) is 3.80. The van der Waals surface area contributed by atoms with Gasteiger partial charge in [0.05, 0.1) is 6.10 Å². The second-order valence-corrected chi connectivity index (χ2v) is 5.67. The van der Waals surface area contributed by atoms with Crippen molar-refractivity contribution in [3.05, 3.63) is 46.6 Å². The van der Waals surface area contributed by atoms with Crippen molar-refractivity contribution >= 4 is 33.2 Å². The van der Waals surface area contributed by atoms with Gasteiger partial charge in [0.25, 0.3) is 5.91 Å². The number of nitrogens with zero attached hydrogens (tertiary/aromatic N) is 1. The maximum atomic E-state index is 12.3. The second kappa shape index (κ2) is 6.58. The Labute approximate surface area is 131 Å². The lowest BCUT2D eigenvalue weighted by atomic mass is 10.2. The number of benzene rings is 1. The van der Waals surface area contributed by atoms with Crippen molar-refractivity contribution in [2.24, 2.45) is 0 Å². The zero-order valence-electron chi connectivity index (χ0n) is 11.8. The Morgan fingerprint density at radius 3 is 2.81 bits per heavy atom. The van der Waals surface area contributed by atoms with E-state index in [4.69, 9.17) is 10.5 Å². The first-order chi connectivity index (χ1) is 9.95. The van der Waals surface area contributed by atoms with E-state index in [1.807, 2.05) is 13.8 Å². The molecule has 0 saturated heterocycles. The molecule has 0 spiro atoms. The highest BCUT2D eigenvalue weighted by Crippen LogP contribution is 2.24. The van der Waals surface area contributed by atoms with E-state index in [1.165, 1.54) is 0 Å². The van der Waals surface area contributed by atoms with Gasteiger partial charge in [-0.1, -0.05) is 15.9 Å². The molecule has 3 N–H and O–H groups in total. The molecule has 0 aliphatic heterocycles. The first-order valence-corrected chi connectivity index (χ1v) is 7.24. The number of amides is 1. The fraction of sp³-hybridized carbons (Fsp3) is 0.200. The molecule has 0 atom stereocenters. The Hall–Kier alpha value is -2.08. The van der Waals surface area contributed by atoms with Gasteiger partial charge in [-0.15, -0.1) is 0 Å². The van der Waals surface area contributed by atoms with Crippen LogP contribution in [0.5, 0.6) is 5.88 Å². The summed E-state index contributed by atoms with van der Waals surface area (Å²) < 4.78 is 6.32. The molecule has 21 heavy (non-hydrogen) atoms. The third kappa shape index (κ3) is 4.19. The number of nitrogens with two attached hydrogens (primary N) is 1. The van der Waals surface area contributed by atoms with Gasteiger partial charge in [0.15, 0.2) is 0 Å². The molecule has 1 heterocycles. The number of aromatic nitrogens is 1. The van der Waals surface area contributed by atoms with E-state index in [0.717, 1.165) is 4.47 Å². The van der Waals surface area contributed by atoms with Gasteiger partial charge in [-0.25, -0.2) is 4.98 Å². The van der Waals surface area contributed by atoms with Crippen LogP contribution in [0, 0.1) is 0 Å². The van der Waals surface area contributed by atoms with E-state index in [2.05, 4.69) is 26.2 Å². The second-order valence-electron chi connectivity index (χ2n) is 4.75. The lowest BCUT2D eigenvalue weighted by Gasteiger charge is -2.13.